The Balaban J connectivity index is 1.21. The molecule has 5 rings (SSSR count). The highest BCUT2D eigenvalue weighted by Gasteiger charge is 2.28. The lowest BCUT2D eigenvalue weighted by Gasteiger charge is -2.36. The van der Waals surface area contributed by atoms with Crippen LogP contribution < -0.4 is 19.7 Å². The summed E-state index contributed by atoms with van der Waals surface area (Å²) in [5.74, 6) is 2.89. The summed E-state index contributed by atoms with van der Waals surface area (Å²) in [6, 6.07) is 13.7. The minimum atomic E-state index is -0.103. The summed E-state index contributed by atoms with van der Waals surface area (Å²) in [6.45, 7) is 5.07. The van der Waals surface area contributed by atoms with E-state index in [2.05, 4.69) is 21.3 Å². The second kappa shape index (κ2) is 8.45. The van der Waals surface area contributed by atoms with Crippen molar-refractivity contribution in [3.8, 4) is 22.8 Å². The Morgan fingerprint density at radius 2 is 1.97 bits per heavy atom. The van der Waals surface area contributed by atoms with Gasteiger partial charge in [0.2, 0.25) is 0 Å². The lowest BCUT2D eigenvalue weighted by atomic mass is 10.1. The number of ether oxygens (including phenoxy) is 2. The average Bonchev–Trinajstić information content (AvgIpc) is 3.45. The number of amides is 2. The molecule has 2 aromatic carbocycles. The molecule has 2 aliphatic rings. The number of carbonyl (C=O) groups is 1. The van der Waals surface area contributed by atoms with Crippen LogP contribution in [0, 0.1) is 6.92 Å². The van der Waals surface area contributed by atoms with E-state index in [9.17, 15) is 4.79 Å². The van der Waals surface area contributed by atoms with E-state index in [1.54, 1.807) is 13.3 Å². The second-order valence-electron chi connectivity index (χ2n) is 7.95. The number of anilines is 1. The van der Waals surface area contributed by atoms with Gasteiger partial charge in [0.1, 0.15) is 18.1 Å². The van der Waals surface area contributed by atoms with Crippen molar-refractivity contribution in [3.05, 3.63) is 60.1 Å². The summed E-state index contributed by atoms with van der Waals surface area (Å²) in [5, 5.41) is 3.11. The summed E-state index contributed by atoms with van der Waals surface area (Å²) in [6.07, 6.45) is 1.71. The van der Waals surface area contributed by atoms with Crippen LogP contribution >= 0.6 is 0 Å². The highest BCUT2D eigenvalue weighted by Crippen LogP contribution is 2.35. The number of urea groups is 1. The smallest absolute Gasteiger partial charge is 0.318 e. The van der Waals surface area contributed by atoms with Gasteiger partial charge in [0, 0.05) is 50.4 Å². The van der Waals surface area contributed by atoms with Crippen LogP contribution in [0.15, 0.2) is 53.1 Å². The quantitative estimate of drug-likeness (QED) is 0.676. The Kier molecular flexibility index (Phi) is 5.34. The maximum Gasteiger partial charge on any atom is 0.318 e. The van der Waals surface area contributed by atoms with E-state index >= 15 is 0 Å². The van der Waals surface area contributed by atoms with E-state index in [1.165, 1.54) is 0 Å². The van der Waals surface area contributed by atoms with Crippen molar-refractivity contribution in [1.29, 1.82) is 0 Å². The first-order valence-electron chi connectivity index (χ1n) is 10.8. The molecule has 1 saturated heterocycles. The normalized spacial score (nSPS) is 17.6. The van der Waals surface area contributed by atoms with Gasteiger partial charge in [-0.25, -0.2) is 9.78 Å². The van der Waals surface area contributed by atoms with Gasteiger partial charge in [-0.15, -0.1) is 0 Å². The lowest BCUT2D eigenvalue weighted by molar-refractivity contribution is 0.187. The fourth-order valence-corrected chi connectivity index (χ4v) is 4.26. The Labute approximate surface area is 186 Å². The van der Waals surface area contributed by atoms with Gasteiger partial charge >= 0.3 is 6.03 Å². The SMILES string of the molecule is COc1cc(N2CCN(C(=O)NC3COc4ccccc43)CC2)ccc1-c1cnc(C)o1. The van der Waals surface area contributed by atoms with E-state index in [0.717, 1.165) is 41.4 Å². The van der Waals surface area contributed by atoms with Crippen LogP contribution in [0.3, 0.4) is 0 Å². The number of para-hydroxylation sites is 1. The maximum absolute atomic E-state index is 12.8. The topological polar surface area (TPSA) is 80.1 Å². The fraction of sp³-hybridized carbons (Fsp3) is 0.333. The summed E-state index contributed by atoms with van der Waals surface area (Å²) in [5.41, 5.74) is 2.96. The molecule has 0 radical (unpaired) electrons. The molecule has 2 amide bonds. The number of carbonyl (C=O) groups excluding carboxylic acids is 1. The zero-order valence-corrected chi connectivity index (χ0v) is 18.2. The number of aryl methyl sites for hydroxylation is 1. The molecule has 2 aliphatic heterocycles. The summed E-state index contributed by atoms with van der Waals surface area (Å²) < 4.78 is 16.9. The van der Waals surface area contributed by atoms with Crippen molar-refractivity contribution in [1.82, 2.24) is 15.2 Å². The first-order valence-corrected chi connectivity index (χ1v) is 10.8. The zero-order chi connectivity index (χ0) is 22.1. The van der Waals surface area contributed by atoms with Crippen LogP contribution in [-0.4, -0.2) is 55.8 Å². The van der Waals surface area contributed by atoms with Crippen molar-refractivity contribution in [2.45, 2.75) is 13.0 Å². The molecular weight excluding hydrogens is 408 g/mol. The van der Waals surface area contributed by atoms with Gasteiger partial charge in [-0.05, 0) is 18.2 Å². The molecular formula is C24H26N4O4. The van der Waals surface area contributed by atoms with E-state index in [-0.39, 0.29) is 12.1 Å². The lowest BCUT2D eigenvalue weighted by Crippen LogP contribution is -2.52. The minimum absolute atomic E-state index is 0.0522. The molecule has 1 atom stereocenters. The van der Waals surface area contributed by atoms with Crippen LogP contribution in [0.1, 0.15) is 17.5 Å². The van der Waals surface area contributed by atoms with Crippen molar-refractivity contribution in [2.24, 2.45) is 0 Å². The monoisotopic (exact) mass is 434 g/mol. The summed E-state index contributed by atoms with van der Waals surface area (Å²) in [4.78, 5) is 21.1. The number of fused-ring (bicyclic) bond motifs is 1. The molecule has 1 N–H and O–H groups in total. The van der Waals surface area contributed by atoms with Crippen LogP contribution in [0.25, 0.3) is 11.3 Å². The number of nitrogens with one attached hydrogen (secondary N) is 1. The Morgan fingerprint density at radius 3 is 2.72 bits per heavy atom. The molecule has 1 unspecified atom stereocenters. The molecule has 3 aromatic rings. The molecule has 0 spiro atoms. The molecule has 166 valence electrons. The molecule has 8 heteroatoms. The zero-order valence-electron chi connectivity index (χ0n) is 18.2. The van der Waals surface area contributed by atoms with Crippen molar-refractivity contribution >= 4 is 11.7 Å². The van der Waals surface area contributed by atoms with Gasteiger partial charge in [-0.2, -0.15) is 0 Å². The van der Waals surface area contributed by atoms with Crippen molar-refractivity contribution < 1.29 is 18.7 Å². The minimum Gasteiger partial charge on any atom is -0.496 e. The summed E-state index contributed by atoms with van der Waals surface area (Å²) in [7, 11) is 1.65. The van der Waals surface area contributed by atoms with Gasteiger partial charge in [0.05, 0.1) is 24.9 Å². The van der Waals surface area contributed by atoms with E-state index in [4.69, 9.17) is 13.9 Å². The standard InChI is InChI=1S/C24H26N4O4/c1-16-25-14-23(32-16)19-8-7-17(13-22(19)30-2)27-9-11-28(12-10-27)24(29)26-20-15-31-21-6-4-3-5-18(20)21/h3-8,13-14,20H,9-12,15H2,1-2H3,(H,26,29). The molecule has 8 nitrogen and oxygen atoms in total. The van der Waals surface area contributed by atoms with Gasteiger partial charge in [-0.3, -0.25) is 0 Å². The number of piperazine rings is 1. The summed E-state index contributed by atoms with van der Waals surface area (Å²) >= 11 is 0. The maximum atomic E-state index is 12.8. The van der Waals surface area contributed by atoms with Gasteiger partial charge in [-0.1, -0.05) is 18.2 Å². The number of methoxy groups -OCH3 is 1. The van der Waals surface area contributed by atoms with Crippen molar-refractivity contribution in [2.75, 3.05) is 44.8 Å². The highest BCUT2D eigenvalue weighted by atomic mass is 16.5. The molecule has 0 bridgehead atoms. The van der Waals surface area contributed by atoms with Gasteiger partial charge in [0.15, 0.2) is 11.7 Å². The van der Waals surface area contributed by atoms with Gasteiger partial charge < -0.3 is 29.0 Å². The molecule has 32 heavy (non-hydrogen) atoms. The van der Waals surface area contributed by atoms with Crippen LogP contribution in [0.4, 0.5) is 10.5 Å². The van der Waals surface area contributed by atoms with E-state index in [0.29, 0.717) is 31.3 Å². The number of aromatic nitrogens is 1. The van der Waals surface area contributed by atoms with Crippen molar-refractivity contribution in [3.63, 3.8) is 0 Å². The first kappa shape index (κ1) is 20.2. The first-order chi connectivity index (χ1) is 15.6. The average molecular weight is 434 g/mol. The van der Waals surface area contributed by atoms with Gasteiger partial charge in [0.25, 0.3) is 0 Å². The predicted octanol–water partition coefficient (Wildman–Crippen LogP) is 3.62. The fourth-order valence-electron chi connectivity index (χ4n) is 4.26. The third kappa shape index (κ3) is 3.84. The highest BCUT2D eigenvalue weighted by molar-refractivity contribution is 5.76. The van der Waals surface area contributed by atoms with Crippen LogP contribution in [0.5, 0.6) is 11.5 Å². The largest absolute Gasteiger partial charge is 0.496 e. The predicted molar refractivity (Wildman–Crippen MR) is 120 cm³/mol. The molecule has 1 fully saturated rings. The Hall–Kier alpha value is -3.68. The number of benzene rings is 2. The molecule has 1 aromatic heterocycles. The number of oxazole rings is 1. The number of hydrogen-bond acceptors (Lipinski definition) is 6. The van der Waals surface area contributed by atoms with Crippen LogP contribution in [-0.2, 0) is 0 Å². The number of hydrogen-bond donors (Lipinski definition) is 1. The molecule has 3 heterocycles. The second-order valence-corrected chi connectivity index (χ2v) is 7.95. The van der Waals surface area contributed by atoms with E-state index < -0.39 is 0 Å². The number of rotatable bonds is 4. The third-order valence-electron chi connectivity index (χ3n) is 6.00. The molecule has 0 aliphatic carbocycles. The number of nitrogens with zero attached hydrogens (tertiary/aromatic N) is 3. The molecule has 0 saturated carbocycles. The van der Waals surface area contributed by atoms with Crippen LogP contribution in [0.2, 0.25) is 0 Å². The van der Waals surface area contributed by atoms with E-state index in [1.807, 2.05) is 48.2 Å². The Bertz CT molecular complexity index is 1120. The Morgan fingerprint density at radius 1 is 1.16 bits per heavy atom. The third-order valence-corrected chi connectivity index (χ3v) is 6.00.